The largest absolute Gasteiger partial charge is 0.481 e. The van der Waals surface area contributed by atoms with Crippen molar-refractivity contribution in [3.63, 3.8) is 0 Å². The fourth-order valence-electron chi connectivity index (χ4n) is 0.403. The first kappa shape index (κ1) is 8.10. The summed E-state index contributed by atoms with van der Waals surface area (Å²) < 4.78 is 0. The molecule has 0 aromatic heterocycles. The van der Waals surface area contributed by atoms with Crippen molar-refractivity contribution in [1.82, 2.24) is 0 Å². The first-order chi connectivity index (χ1) is 4.16. The molecule has 0 aliphatic heterocycles. The van der Waals surface area contributed by atoms with E-state index in [1.54, 1.807) is 0 Å². The van der Waals surface area contributed by atoms with E-state index in [-0.39, 0.29) is 12.8 Å². The van der Waals surface area contributed by atoms with Crippen LogP contribution in [0.25, 0.3) is 0 Å². The third kappa shape index (κ3) is 4.96. The highest BCUT2D eigenvalue weighted by Crippen LogP contribution is 1.90. The van der Waals surface area contributed by atoms with Gasteiger partial charge in [-0.2, -0.15) is 0 Å². The van der Waals surface area contributed by atoms with Crippen LogP contribution in [0.4, 0.5) is 0 Å². The van der Waals surface area contributed by atoms with Crippen LogP contribution < -0.4 is 5.73 Å². The molecule has 0 bridgehead atoms. The molecular formula is C5H8NO3. The highest BCUT2D eigenvalue weighted by molar-refractivity contribution is 5.68. The predicted octanol–water partition coefficient (Wildman–Crippen LogP) is -0.712. The van der Waals surface area contributed by atoms with E-state index in [4.69, 9.17) is 10.8 Å². The van der Waals surface area contributed by atoms with Gasteiger partial charge in [0, 0.05) is 12.5 Å². The second-order valence-electron chi connectivity index (χ2n) is 1.71. The van der Waals surface area contributed by atoms with Crippen LogP contribution in [-0.2, 0) is 9.59 Å². The molecule has 0 amide bonds. The van der Waals surface area contributed by atoms with E-state index in [0.717, 1.165) is 0 Å². The summed E-state index contributed by atoms with van der Waals surface area (Å²) in [5.74, 6) is -0.988. The van der Waals surface area contributed by atoms with E-state index >= 15 is 0 Å². The summed E-state index contributed by atoms with van der Waals surface area (Å²) in [5.41, 5.74) is 5.14. The summed E-state index contributed by atoms with van der Waals surface area (Å²) in [5, 5.41) is 8.10. The van der Waals surface area contributed by atoms with Crippen LogP contribution >= 0.6 is 0 Å². The Morgan fingerprint density at radius 2 is 2.33 bits per heavy atom. The fraction of sp³-hybridized carbons (Fsp3) is 0.600. The Balaban J connectivity index is 3.37. The van der Waals surface area contributed by atoms with E-state index in [9.17, 15) is 9.59 Å². The lowest BCUT2D eigenvalue weighted by atomic mass is 10.2. The maximum Gasteiger partial charge on any atom is 0.304 e. The SMILES string of the molecule is N[C@@H](C[C]=O)CC(=O)O. The van der Waals surface area contributed by atoms with Crippen LogP contribution in [0.2, 0.25) is 0 Å². The molecule has 0 saturated heterocycles. The average Bonchev–Trinajstić information content (AvgIpc) is 1.63. The van der Waals surface area contributed by atoms with E-state index in [1.165, 1.54) is 6.29 Å². The second-order valence-corrected chi connectivity index (χ2v) is 1.71. The summed E-state index contributed by atoms with van der Waals surface area (Å²) in [6.07, 6.45) is 1.36. The highest BCUT2D eigenvalue weighted by atomic mass is 16.4. The Bertz CT molecular complexity index is 113. The normalized spacial score (nSPS) is 12.6. The summed E-state index contributed by atoms with van der Waals surface area (Å²) in [6.45, 7) is 0. The minimum atomic E-state index is -0.988. The number of carbonyl (C=O) groups excluding carboxylic acids is 1. The standard InChI is InChI=1S/C5H8NO3/c6-4(1-2-7)3-5(8)9/h4H,1,3,6H2,(H,8,9)/t4-/m0/s1. The lowest BCUT2D eigenvalue weighted by molar-refractivity contribution is -0.137. The minimum Gasteiger partial charge on any atom is -0.481 e. The number of carbonyl (C=O) groups is 1. The van der Waals surface area contributed by atoms with Crippen LogP contribution in [0.3, 0.4) is 0 Å². The van der Waals surface area contributed by atoms with Crippen LogP contribution in [0, 0.1) is 0 Å². The average molecular weight is 130 g/mol. The molecule has 0 aromatic carbocycles. The van der Waals surface area contributed by atoms with Gasteiger partial charge in [-0.05, 0) is 0 Å². The predicted molar refractivity (Wildman–Crippen MR) is 30.5 cm³/mol. The molecule has 0 unspecified atom stereocenters. The van der Waals surface area contributed by atoms with E-state index < -0.39 is 12.0 Å². The van der Waals surface area contributed by atoms with Gasteiger partial charge in [0.15, 0.2) is 6.29 Å². The van der Waals surface area contributed by atoms with Crippen LogP contribution in [0.1, 0.15) is 12.8 Å². The van der Waals surface area contributed by atoms with Gasteiger partial charge in [-0.1, -0.05) is 0 Å². The Hall–Kier alpha value is -0.900. The molecule has 0 rings (SSSR count). The Morgan fingerprint density at radius 1 is 1.78 bits per heavy atom. The molecule has 51 valence electrons. The monoisotopic (exact) mass is 130 g/mol. The molecule has 4 heteroatoms. The summed E-state index contributed by atoms with van der Waals surface area (Å²) >= 11 is 0. The van der Waals surface area contributed by atoms with Gasteiger partial charge in [0.25, 0.3) is 0 Å². The van der Waals surface area contributed by atoms with Crippen molar-refractivity contribution in [1.29, 1.82) is 0 Å². The number of hydrogen-bond acceptors (Lipinski definition) is 3. The molecule has 3 N–H and O–H groups in total. The van der Waals surface area contributed by atoms with Crippen LogP contribution in [0.15, 0.2) is 0 Å². The fourth-order valence-corrected chi connectivity index (χ4v) is 0.403. The van der Waals surface area contributed by atoms with Crippen LogP contribution in [0.5, 0.6) is 0 Å². The zero-order valence-corrected chi connectivity index (χ0v) is 4.83. The van der Waals surface area contributed by atoms with Gasteiger partial charge in [0.05, 0.1) is 6.42 Å². The smallest absolute Gasteiger partial charge is 0.304 e. The zero-order valence-electron chi connectivity index (χ0n) is 4.83. The van der Waals surface area contributed by atoms with Crippen LogP contribution in [-0.4, -0.2) is 23.4 Å². The Morgan fingerprint density at radius 3 is 2.67 bits per heavy atom. The maximum atomic E-state index is 9.87. The first-order valence-corrected chi connectivity index (χ1v) is 2.49. The van der Waals surface area contributed by atoms with Gasteiger partial charge in [-0.3, -0.25) is 9.59 Å². The van der Waals surface area contributed by atoms with Gasteiger partial charge in [0.1, 0.15) is 0 Å². The highest BCUT2D eigenvalue weighted by Gasteiger charge is 2.06. The third-order valence-corrected chi connectivity index (χ3v) is 0.782. The number of nitrogens with two attached hydrogens (primary N) is 1. The summed E-state index contributed by atoms with van der Waals surface area (Å²) in [4.78, 5) is 19.5. The third-order valence-electron chi connectivity index (χ3n) is 0.782. The number of carboxylic acid groups (broad SMARTS) is 1. The van der Waals surface area contributed by atoms with Crippen molar-refractivity contribution in [3.05, 3.63) is 0 Å². The lowest BCUT2D eigenvalue weighted by Crippen LogP contribution is -2.23. The molecule has 0 fully saturated rings. The van der Waals surface area contributed by atoms with Crippen molar-refractivity contribution in [2.24, 2.45) is 5.73 Å². The molecule has 0 heterocycles. The molecule has 0 aliphatic rings. The first-order valence-electron chi connectivity index (χ1n) is 2.49. The number of carboxylic acids is 1. The van der Waals surface area contributed by atoms with Crippen molar-refractivity contribution in [2.75, 3.05) is 0 Å². The topological polar surface area (TPSA) is 80.4 Å². The maximum absolute atomic E-state index is 9.87. The van der Waals surface area contributed by atoms with Gasteiger partial charge in [-0.15, -0.1) is 0 Å². The molecule has 0 aromatic rings. The summed E-state index contributed by atoms with van der Waals surface area (Å²) in [6, 6.07) is -0.583. The second kappa shape index (κ2) is 4.03. The van der Waals surface area contributed by atoms with Crippen molar-refractivity contribution < 1.29 is 14.7 Å². The minimum absolute atomic E-state index is 0.00764. The molecule has 1 radical (unpaired) electrons. The number of aliphatic carboxylic acids is 1. The molecule has 9 heavy (non-hydrogen) atoms. The molecule has 4 nitrogen and oxygen atoms in total. The van der Waals surface area contributed by atoms with E-state index in [2.05, 4.69) is 0 Å². The van der Waals surface area contributed by atoms with E-state index in [1.807, 2.05) is 0 Å². The molecule has 0 saturated carbocycles. The van der Waals surface area contributed by atoms with Gasteiger partial charge >= 0.3 is 5.97 Å². The molecule has 0 spiro atoms. The van der Waals surface area contributed by atoms with Crippen molar-refractivity contribution in [3.8, 4) is 0 Å². The summed E-state index contributed by atoms with van der Waals surface area (Å²) in [7, 11) is 0. The Labute approximate surface area is 52.7 Å². The Kier molecular flexibility index (Phi) is 3.62. The molecule has 0 aliphatic carbocycles. The molecular weight excluding hydrogens is 122 g/mol. The zero-order chi connectivity index (χ0) is 7.28. The number of rotatable bonds is 4. The number of hydrogen-bond donors (Lipinski definition) is 2. The van der Waals surface area contributed by atoms with E-state index in [0.29, 0.717) is 0 Å². The van der Waals surface area contributed by atoms with Crippen molar-refractivity contribution >= 4 is 12.3 Å². The quantitative estimate of drug-likeness (QED) is 0.526. The van der Waals surface area contributed by atoms with Gasteiger partial charge in [-0.25, -0.2) is 0 Å². The molecule has 1 atom stereocenters. The lowest BCUT2D eigenvalue weighted by Gasteiger charge is -2.00. The van der Waals surface area contributed by atoms with Gasteiger partial charge < -0.3 is 10.8 Å². The van der Waals surface area contributed by atoms with Gasteiger partial charge in [0.2, 0.25) is 0 Å². The van der Waals surface area contributed by atoms with Crippen molar-refractivity contribution in [2.45, 2.75) is 18.9 Å².